The predicted octanol–water partition coefficient (Wildman–Crippen LogP) is 8.75. The van der Waals surface area contributed by atoms with Crippen LogP contribution in [0.3, 0.4) is 0 Å². The van der Waals surface area contributed by atoms with Crippen molar-refractivity contribution in [2.24, 2.45) is 15.9 Å². The van der Waals surface area contributed by atoms with Crippen LogP contribution in [0.5, 0.6) is 0 Å². The molecule has 5 aromatic carbocycles. The summed E-state index contributed by atoms with van der Waals surface area (Å²) < 4.78 is 0. The van der Waals surface area contributed by atoms with Gasteiger partial charge in [0.1, 0.15) is 12.3 Å². The molecule has 5 aromatic rings. The van der Waals surface area contributed by atoms with Crippen molar-refractivity contribution in [3.05, 3.63) is 162 Å². The van der Waals surface area contributed by atoms with Crippen molar-refractivity contribution >= 4 is 40.1 Å². The number of benzene rings is 5. The first-order chi connectivity index (χ1) is 24.1. The molecule has 6 heteroatoms. The predicted molar refractivity (Wildman–Crippen MR) is 204 cm³/mol. The van der Waals surface area contributed by atoms with Crippen molar-refractivity contribution in [1.29, 1.82) is 0 Å². The SMILES string of the molecule is CN=C1C(=NC)N2c3ccccc3C(C)(C3c4ccccc4N4C=C(c5ccccc5)N(c5ccccc5)C34)C(C)C2N1c1ccccc1. The fourth-order valence-electron chi connectivity index (χ4n) is 9.25. The molecule has 0 N–H and O–H groups in total. The summed E-state index contributed by atoms with van der Waals surface area (Å²) in [5, 5.41) is 0. The quantitative estimate of drug-likeness (QED) is 0.197. The lowest BCUT2D eigenvalue weighted by atomic mass is 9.58. The maximum Gasteiger partial charge on any atom is 0.173 e. The number of hydrogen-bond donors (Lipinski definition) is 0. The number of rotatable bonds is 4. The van der Waals surface area contributed by atoms with Gasteiger partial charge in [-0.1, -0.05) is 117 Å². The Morgan fingerprint density at radius 3 is 1.73 bits per heavy atom. The maximum absolute atomic E-state index is 4.91. The van der Waals surface area contributed by atoms with Crippen LogP contribution in [0.25, 0.3) is 5.70 Å². The Labute approximate surface area is 289 Å². The number of aliphatic imine (C=N–C) groups is 2. The first-order valence-corrected chi connectivity index (χ1v) is 17.2. The van der Waals surface area contributed by atoms with Crippen LogP contribution in [0.2, 0.25) is 0 Å². The summed E-state index contributed by atoms with van der Waals surface area (Å²) in [5.41, 5.74) is 9.63. The molecule has 1 saturated heterocycles. The van der Waals surface area contributed by atoms with Crippen molar-refractivity contribution in [3.8, 4) is 0 Å². The average molecular weight is 641 g/mol. The molecule has 4 aliphatic heterocycles. The van der Waals surface area contributed by atoms with Gasteiger partial charge in [0.15, 0.2) is 11.7 Å². The first kappa shape index (κ1) is 29.5. The molecule has 5 unspecified atom stereocenters. The number of para-hydroxylation sites is 4. The highest BCUT2D eigenvalue weighted by Crippen LogP contribution is 2.63. The summed E-state index contributed by atoms with van der Waals surface area (Å²) in [6.45, 7) is 4.98. The monoisotopic (exact) mass is 640 g/mol. The second kappa shape index (κ2) is 11.2. The van der Waals surface area contributed by atoms with Crippen molar-refractivity contribution in [2.45, 2.75) is 37.5 Å². The van der Waals surface area contributed by atoms with Crippen molar-refractivity contribution in [3.63, 3.8) is 0 Å². The Kier molecular flexibility index (Phi) is 6.77. The third-order valence-electron chi connectivity index (χ3n) is 11.4. The molecule has 0 bridgehead atoms. The van der Waals surface area contributed by atoms with Crippen LogP contribution in [0.4, 0.5) is 22.7 Å². The van der Waals surface area contributed by atoms with Gasteiger partial charge in [0.2, 0.25) is 0 Å². The van der Waals surface area contributed by atoms with E-state index in [1.807, 2.05) is 14.1 Å². The van der Waals surface area contributed by atoms with Gasteiger partial charge >= 0.3 is 0 Å². The Bertz CT molecular complexity index is 2120. The van der Waals surface area contributed by atoms with Gasteiger partial charge < -0.3 is 19.6 Å². The van der Waals surface area contributed by atoms with E-state index < -0.39 is 0 Å². The Morgan fingerprint density at radius 1 is 0.551 bits per heavy atom. The van der Waals surface area contributed by atoms with E-state index in [1.165, 1.54) is 39.4 Å². The molecule has 0 radical (unpaired) electrons. The molecule has 0 aromatic heterocycles. The molecule has 4 aliphatic rings. The average Bonchev–Trinajstić information content (AvgIpc) is 3.82. The Hall–Kier alpha value is -5.62. The van der Waals surface area contributed by atoms with Crippen LogP contribution in [0, 0.1) is 5.92 Å². The van der Waals surface area contributed by atoms with Gasteiger partial charge in [-0.05, 0) is 53.1 Å². The lowest BCUT2D eigenvalue weighted by Gasteiger charge is -2.54. The summed E-state index contributed by atoms with van der Waals surface area (Å²) >= 11 is 0. The molecule has 0 saturated carbocycles. The van der Waals surface area contributed by atoms with Crippen LogP contribution >= 0.6 is 0 Å². The molecule has 6 nitrogen and oxygen atoms in total. The standard InChI is InChI=1S/C43H40N6/c1-29-41-48(32-22-12-7-13-23-32)39(44-3)40(45-4)49(41)36-27-17-15-25-34(36)43(29,2)38-33-24-14-16-26-35(33)46-28-37(30-18-8-5-9-19-30)47(42(38)46)31-20-10-6-11-21-31/h5-29,38,41-42H,1-4H3. The van der Waals surface area contributed by atoms with Crippen LogP contribution in [-0.4, -0.2) is 38.1 Å². The number of nitrogens with zero attached hydrogens (tertiary/aromatic N) is 6. The summed E-state index contributed by atoms with van der Waals surface area (Å²) in [6, 6.07) is 50.6. The summed E-state index contributed by atoms with van der Waals surface area (Å²) in [7, 11) is 3.79. The summed E-state index contributed by atoms with van der Waals surface area (Å²) in [4.78, 5) is 19.8. The first-order valence-electron chi connectivity index (χ1n) is 17.2. The third kappa shape index (κ3) is 4.07. The van der Waals surface area contributed by atoms with Gasteiger partial charge in [0, 0.05) is 60.3 Å². The van der Waals surface area contributed by atoms with Crippen LogP contribution < -0.4 is 19.6 Å². The topological polar surface area (TPSA) is 37.7 Å². The van der Waals surface area contributed by atoms with Crippen molar-refractivity contribution < 1.29 is 0 Å². The minimum absolute atomic E-state index is 0.0206. The Balaban J connectivity index is 1.30. The van der Waals surface area contributed by atoms with Crippen molar-refractivity contribution in [1.82, 2.24) is 0 Å². The van der Waals surface area contributed by atoms with Crippen LogP contribution in [-0.2, 0) is 5.41 Å². The fraction of sp³-hybridized carbons (Fsp3) is 0.209. The van der Waals surface area contributed by atoms with E-state index in [0.29, 0.717) is 0 Å². The zero-order chi connectivity index (χ0) is 33.3. The van der Waals surface area contributed by atoms with E-state index in [2.05, 4.69) is 179 Å². The number of fused-ring (bicyclic) bond motifs is 6. The van der Waals surface area contributed by atoms with E-state index in [1.54, 1.807) is 0 Å². The zero-order valence-electron chi connectivity index (χ0n) is 28.3. The lowest BCUT2D eigenvalue weighted by Crippen LogP contribution is -2.60. The minimum atomic E-state index is -0.310. The second-order valence-electron chi connectivity index (χ2n) is 13.6. The van der Waals surface area contributed by atoms with E-state index >= 15 is 0 Å². The highest BCUT2D eigenvalue weighted by molar-refractivity contribution is 6.52. The van der Waals surface area contributed by atoms with Gasteiger partial charge in [-0.2, -0.15) is 0 Å². The molecule has 0 spiro atoms. The molecule has 4 heterocycles. The highest BCUT2D eigenvalue weighted by atomic mass is 15.5. The number of amidine groups is 2. The van der Waals surface area contributed by atoms with E-state index in [4.69, 9.17) is 9.98 Å². The molecule has 49 heavy (non-hydrogen) atoms. The normalized spacial score (nSPS) is 26.9. The van der Waals surface area contributed by atoms with Crippen LogP contribution in [0.1, 0.15) is 36.5 Å². The fourth-order valence-corrected chi connectivity index (χ4v) is 9.25. The van der Waals surface area contributed by atoms with Crippen LogP contribution in [0.15, 0.2) is 156 Å². The molecule has 0 amide bonds. The van der Waals surface area contributed by atoms with E-state index in [9.17, 15) is 0 Å². The summed E-state index contributed by atoms with van der Waals surface area (Å²) in [6.07, 6.45) is 2.37. The molecule has 9 rings (SSSR count). The smallest absolute Gasteiger partial charge is 0.173 e. The lowest BCUT2D eigenvalue weighted by molar-refractivity contribution is 0.204. The largest absolute Gasteiger partial charge is 0.324 e. The van der Waals surface area contributed by atoms with Gasteiger partial charge in [-0.25, -0.2) is 0 Å². The molecule has 1 fully saturated rings. The Morgan fingerprint density at radius 2 is 1.08 bits per heavy atom. The van der Waals surface area contributed by atoms with Gasteiger partial charge in [-0.3, -0.25) is 9.98 Å². The molecule has 5 atom stereocenters. The number of anilines is 4. The third-order valence-corrected chi connectivity index (χ3v) is 11.4. The summed E-state index contributed by atoms with van der Waals surface area (Å²) in [5.74, 6) is 2.07. The second-order valence-corrected chi connectivity index (χ2v) is 13.6. The number of hydrogen-bond acceptors (Lipinski definition) is 4. The zero-order valence-corrected chi connectivity index (χ0v) is 28.3. The maximum atomic E-state index is 4.91. The molecular weight excluding hydrogens is 601 g/mol. The molecule has 0 aliphatic carbocycles. The van der Waals surface area contributed by atoms with Gasteiger partial charge in [-0.15, -0.1) is 0 Å². The molecule has 242 valence electrons. The molecular formula is C43H40N6. The van der Waals surface area contributed by atoms with Gasteiger partial charge in [0.05, 0.1) is 5.70 Å². The van der Waals surface area contributed by atoms with E-state index in [-0.39, 0.29) is 29.6 Å². The van der Waals surface area contributed by atoms with Crippen molar-refractivity contribution in [2.75, 3.05) is 33.7 Å². The highest BCUT2D eigenvalue weighted by Gasteiger charge is 2.62. The van der Waals surface area contributed by atoms with E-state index in [0.717, 1.165) is 17.4 Å². The van der Waals surface area contributed by atoms with Gasteiger partial charge in [0.25, 0.3) is 0 Å². The minimum Gasteiger partial charge on any atom is -0.324 e.